The number of Topliss-reactive ketones (excluding diaryl/α,β-unsaturated/α-hetero) is 1. The SMILES string of the molecule is CCCCN1C(=O)C(O)=C(C(=O)c2sc(C)nc2C)C1c1ccc(OCC)cc1. The molecule has 3 rings (SSSR count). The molecule has 0 spiro atoms. The first kappa shape index (κ1) is 21.0. The predicted molar refractivity (Wildman–Crippen MR) is 113 cm³/mol. The lowest BCUT2D eigenvalue weighted by Gasteiger charge is -2.26. The van der Waals surface area contributed by atoms with Gasteiger partial charge in [-0.1, -0.05) is 25.5 Å². The monoisotopic (exact) mass is 414 g/mol. The zero-order chi connectivity index (χ0) is 21.1. The molecule has 1 N–H and O–H groups in total. The first-order valence-corrected chi connectivity index (χ1v) is 10.7. The van der Waals surface area contributed by atoms with Gasteiger partial charge in [0.1, 0.15) is 5.75 Å². The standard InChI is InChI=1S/C22H26N2O4S/c1-5-7-12-24-18(15-8-10-16(11-9-15)28-6-2)17(20(26)22(24)27)19(25)21-13(3)23-14(4)29-21/h8-11,18,26H,5-7,12H2,1-4H3. The molecule has 2 heterocycles. The molecule has 0 saturated carbocycles. The van der Waals surface area contributed by atoms with Gasteiger partial charge in [0.15, 0.2) is 5.76 Å². The van der Waals surface area contributed by atoms with Crippen molar-refractivity contribution >= 4 is 23.0 Å². The van der Waals surface area contributed by atoms with Crippen molar-refractivity contribution in [3.05, 3.63) is 56.7 Å². The van der Waals surface area contributed by atoms with Crippen LogP contribution in [0.4, 0.5) is 0 Å². The van der Waals surface area contributed by atoms with Gasteiger partial charge in [-0.2, -0.15) is 0 Å². The average Bonchev–Trinajstić information content (AvgIpc) is 3.17. The minimum atomic E-state index is -0.626. The molecule has 29 heavy (non-hydrogen) atoms. The normalized spacial score (nSPS) is 16.6. The third kappa shape index (κ3) is 4.05. The fraction of sp³-hybridized carbons (Fsp3) is 0.409. The summed E-state index contributed by atoms with van der Waals surface area (Å²) in [5, 5.41) is 11.4. The number of ether oxygens (including phenoxy) is 1. The summed E-state index contributed by atoms with van der Waals surface area (Å²) in [5.41, 5.74) is 1.51. The van der Waals surface area contributed by atoms with Crippen molar-refractivity contribution in [2.45, 2.75) is 46.6 Å². The number of benzene rings is 1. The summed E-state index contributed by atoms with van der Waals surface area (Å²) in [6.45, 7) is 8.57. The third-order valence-electron chi connectivity index (χ3n) is 4.92. The topological polar surface area (TPSA) is 79.7 Å². The van der Waals surface area contributed by atoms with Crippen molar-refractivity contribution in [2.24, 2.45) is 0 Å². The predicted octanol–water partition coefficient (Wildman–Crippen LogP) is 4.54. The first-order chi connectivity index (χ1) is 13.9. The maximum absolute atomic E-state index is 13.4. The van der Waals surface area contributed by atoms with Crippen molar-refractivity contribution in [1.82, 2.24) is 9.88 Å². The Kier molecular flexibility index (Phi) is 6.37. The van der Waals surface area contributed by atoms with Gasteiger partial charge >= 0.3 is 0 Å². The summed E-state index contributed by atoms with van der Waals surface area (Å²) in [6.07, 6.45) is 1.68. The highest BCUT2D eigenvalue weighted by atomic mass is 32.1. The number of thiazole rings is 1. The van der Waals surface area contributed by atoms with Gasteiger partial charge in [-0.3, -0.25) is 9.59 Å². The summed E-state index contributed by atoms with van der Waals surface area (Å²) in [6, 6.07) is 6.71. The minimum Gasteiger partial charge on any atom is -0.503 e. The molecule has 1 aliphatic rings. The number of hydrogen-bond donors (Lipinski definition) is 1. The van der Waals surface area contributed by atoms with E-state index in [1.165, 1.54) is 11.3 Å². The molecule has 154 valence electrons. The molecular weight excluding hydrogens is 388 g/mol. The quantitative estimate of drug-likeness (QED) is 0.642. The molecule has 1 unspecified atom stereocenters. The smallest absolute Gasteiger partial charge is 0.290 e. The zero-order valence-corrected chi connectivity index (χ0v) is 18.0. The van der Waals surface area contributed by atoms with Crippen LogP contribution in [0, 0.1) is 13.8 Å². The molecule has 1 aromatic heterocycles. The van der Waals surface area contributed by atoms with E-state index >= 15 is 0 Å². The van der Waals surface area contributed by atoms with Crippen molar-refractivity contribution in [3.8, 4) is 5.75 Å². The number of carbonyl (C=O) groups excluding carboxylic acids is 2. The van der Waals surface area contributed by atoms with Gasteiger partial charge < -0.3 is 14.7 Å². The Hall–Kier alpha value is -2.67. The molecule has 0 radical (unpaired) electrons. The Bertz CT molecular complexity index is 946. The maximum atomic E-state index is 13.4. The number of rotatable bonds is 8. The highest BCUT2D eigenvalue weighted by Gasteiger charge is 2.44. The van der Waals surface area contributed by atoms with Gasteiger partial charge in [0.2, 0.25) is 5.78 Å². The van der Waals surface area contributed by atoms with E-state index < -0.39 is 17.7 Å². The van der Waals surface area contributed by atoms with Crippen LogP contribution >= 0.6 is 11.3 Å². The zero-order valence-electron chi connectivity index (χ0n) is 17.2. The van der Waals surface area contributed by atoms with Crippen molar-refractivity contribution in [1.29, 1.82) is 0 Å². The van der Waals surface area contributed by atoms with E-state index in [2.05, 4.69) is 4.98 Å². The number of aliphatic hydroxyl groups excluding tert-OH is 1. The van der Waals surface area contributed by atoms with E-state index in [4.69, 9.17) is 4.74 Å². The minimum absolute atomic E-state index is 0.127. The number of ketones is 1. The fourth-order valence-electron chi connectivity index (χ4n) is 3.57. The highest BCUT2D eigenvalue weighted by molar-refractivity contribution is 7.14. The number of aromatic nitrogens is 1. The lowest BCUT2D eigenvalue weighted by molar-refractivity contribution is -0.129. The molecule has 2 aromatic rings. The number of nitrogens with zero attached hydrogens (tertiary/aromatic N) is 2. The number of unbranched alkanes of at least 4 members (excludes halogenated alkanes) is 1. The largest absolute Gasteiger partial charge is 0.503 e. The van der Waals surface area contributed by atoms with E-state index in [9.17, 15) is 14.7 Å². The van der Waals surface area contributed by atoms with E-state index in [1.807, 2.05) is 45.0 Å². The van der Waals surface area contributed by atoms with Crippen LogP contribution in [0.25, 0.3) is 0 Å². The van der Waals surface area contributed by atoms with Crippen LogP contribution in [0.2, 0.25) is 0 Å². The van der Waals surface area contributed by atoms with Gasteiger partial charge in [-0.25, -0.2) is 4.98 Å². The second-order valence-electron chi connectivity index (χ2n) is 7.00. The second-order valence-corrected chi connectivity index (χ2v) is 8.20. The van der Waals surface area contributed by atoms with E-state index in [0.717, 1.165) is 29.2 Å². The van der Waals surface area contributed by atoms with Crippen LogP contribution in [0.5, 0.6) is 5.75 Å². The Morgan fingerprint density at radius 1 is 1.24 bits per heavy atom. The molecule has 1 aromatic carbocycles. The summed E-state index contributed by atoms with van der Waals surface area (Å²) in [4.78, 5) is 32.6. The number of amides is 1. The van der Waals surface area contributed by atoms with Crippen LogP contribution in [0.3, 0.4) is 0 Å². The third-order valence-corrected chi connectivity index (χ3v) is 5.99. The lowest BCUT2D eigenvalue weighted by Crippen LogP contribution is -2.32. The molecule has 0 bridgehead atoms. The van der Waals surface area contributed by atoms with E-state index in [1.54, 1.807) is 11.8 Å². The van der Waals surface area contributed by atoms with Gasteiger partial charge in [-0.15, -0.1) is 11.3 Å². The van der Waals surface area contributed by atoms with E-state index in [-0.39, 0.29) is 11.4 Å². The van der Waals surface area contributed by atoms with Crippen molar-refractivity contribution < 1.29 is 19.4 Å². The number of hydrogen-bond acceptors (Lipinski definition) is 6. The first-order valence-electron chi connectivity index (χ1n) is 9.84. The molecule has 1 amide bonds. The van der Waals surface area contributed by atoms with Crippen molar-refractivity contribution in [3.63, 3.8) is 0 Å². The van der Waals surface area contributed by atoms with Crippen LogP contribution in [-0.4, -0.2) is 39.8 Å². The van der Waals surface area contributed by atoms with Crippen LogP contribution in [-0.2, 0) is 4.79 Å². The molecular formula is C22H26N2O4S. The fourth-order valence-corrected chi connectivity index (χ4v) is 4.44. The Morgan fingerprint density at radius 2 is 1.93 bits per heavy atom. The molecule has 7 heteroatoms. The van der Waals surface area contributed by atoms with Crippen LogP contribution in [0.1, 0.15) is 58.7 Å². The van der Waals surface area contributed by atoms with E-state index in [0.29, 0.717) is 23.7 Å². The summed E-state index contributed by atoms with van der Waals surface area (Å²) < 4.78 is 5.50. The Morgan fingerprint density at radius 3 is 2.48 bits per heavy atom. The van der Waals surface area contributed by atoms with Crippen molar-refractivity contribution in [2.75, 3.05) is 13.2 Å². The molecule has 1 atom stereocenters. The van der Waals surface area contributed by atoms with Gasteiger partial charge in [-0.05, 0) is 44.9 Å². The van der Waals surface area contributed by atoms with Gasteiger partial charge in [0.05, 0.1) is 33.8 Å². The lowest BCUT2D eigenvalue weighted by atomic mass is 9.95. The van der Waals surface area contributed by atoms with Crippen LogP contribution in [0.15, 0.2) is 35.6 Å². The molecule has 0 fully saturated rings. The summed E-state index contributed by atoms with van der Waals surface area (Å²) in [5.74, 6) is -0.581. The number of aliphatic hydroxyl groups is 1. The average molecular weight is 415 g/mol. The summed E-state index contributed by atoms with van der Waals surface area (Å²) >= 11 is 1.28. The Labute approximate surface area is 174 Å². The highest BCUT2D eigenvalue weighted by Crippen LogP contribution is 2.40. The summed E-state index contributed by atoms with van der Waals surface area (Å²) in [7, 11) is 0. The molecule has 0 aliphatic carbocycles. The molecule has 1 aliphatic heterocycles. The molecule has 6 nitrogen and oxygen atoms in total. The Balaban J connectivity index is 2.06. The van der Waals surface area contributed by atoms with Gasteiger partial charge in [0.25, 0.3) is 5.91 Å². The molecule has 0 saturated heterocycles. The van der Waals surface area contributed by atoms with Gasteiger partial charge in [0, 0.05) is 6.54 Å². The number of carbonyl (C=O) groups is 2. The number of aryl methyl sites for hydroxylation is 2. The second kappa shape index (κ2) is 8.78. The van der Waals surface area contributed by atoms with Crippen LogP contribution < -0.4 is 4.74 Å². The maximum Gasteiger partial charge on any atom is 0.290 e.